The summed E-state index contributed by atoms with van der Waals surface area (Å²) in [4.78, 5) is 16.8. The zero-order valence-corrected chi connectivity index (χ0v) is 16.6. The third-order valence-electron chi connectivity index (χ3n) is 4.04. The van der Waals surface area contributed by atoms with E-state index in [4.69, 9.17) is 0 Å². The predicted molar refractivity (Wildman–Crippen MR) is 107 cm³/mol. The Hall–Kier alpha value is -2.49. The van der Waals surface area contributed by atoms with Gasteiger partial charge >= 0.3 is 0 Å². The van der Waals surface area contributed by atoms with E-state index in [1.807, 2.05) is 24.3 Å². The Morgan fingerprint density at radius 2 is 1.74 bits per heavy atom. The number of carbonyl (C=O) groups is 1. The summed E-state index contributed by atoms with van der Waals surface area (Å²) in [6.45, 7) is 4.37. The molecule has 0 aliphatic heterocycles. The average molecular weight is 405 g/mol. The second-order valence-electron chi connectivity index (χ2n) is 5.68. The Labute approximate surface area is 162 Å². The maximum atomic E-state index is 12.5. The second kappa shape index (κ2) is 8.03. The quantitative estimate of drug-likeness (QED) is 0.591. The van der Waals surface area contributed by atoms with Gasteiger partial charge in [-0.15, -0.1) is 0 Å². The van der Waals surface area contributed by atoms with Crippen LogP contribution < -0.4 is 10.9 Å². The van der Waals surface area contributed by atoms with Crippen molar-refractivity contribution in [3.05, 3.63) is 54.1 Å². The highest BCUT2D eigenvalue weighted by molar-refractivity contribution is 7.89. The largest absolute Gasteiger partial charge is 0.273 e. The summed E-state index contributed by atoms with van der Waals surface area (Å²) in [6.07, 6.45) is 0. The summed E-state index contributed by atoms with van der Waals surface area (Å²) >= 11 is 1.43. The number of amides is 1. The third kappa shape index (κ3) is 4.10. The van der Waals surface area contributed by atoms with Crippen LogP contribution in [-0.2, 0) is 10.0 Å². The van der Waals surface area contributed by atoms with Gasteiger partial charge in [-0.05, 0) is 36.4 Å². The van der Waals surface area contributed by atoms with Crippen LogP contribution in [-0.4, -0.2) is 36.7 Å². The number of sulfonamides is 1. The molecule has 1 aromatic heterocycles. The third-order valence-corrected chi connectivity index (χ3v) is 7.05. The maximum Gasteiger partial charge on any atom is 0.269 e. The van der Waals surface area contributed by atoms with Gasteiger partial charge in [-0.25, -0.2) is 13.4 Å². The van der Waals surface area contributed by atoms with Crippen molar-refractivity contribution >= 4 is 42.6 Å². The normalized spacial score (nSPS) is 11.7. The summed E-state index contributed by atoms with van der Waals surface area (Å²) in [6, 6.07) is 13.6. The van der Waals surface area contributed by atoms with E-state index < -0.39 is 10.0 Å². The number of nitrogens with one attached hydrogen (secondary N) is 2. The first-order valence-corrected chi connectivity index (χ1v) is 10.7. The number of para-hydroxylation sites is 1. The number of hydrazine groups is 1. The van der Waals surface area contributed by atoms with Crippen LogP contribution in [0.25, 0.3) is 10.2 Å². The molecule has 1 amide bonds. The Balaban J connectivity index is 1.68. The van der Waals surface area contributed by atoms with Crippen LogP contribution in [0.5, 0.6) is 0 Å². The standard InChI is InChI=1S/C18H20N4O3S2/c1-3-22(4-2)27(24,25)14-11-9-13(10-12-14)17(23)20-21-18-19-15-7-5-6-8-16(15)26-18/h5-12H,3-4H2,1-2H3,(H,19,21)(H,20,23). The molecule has 0 aliphatic carbocycles. The molecule has 0 bridgehead atoms. The zero-order chi connectivity index (χ0) is 19.4. The minimum absolute atomic E-state index is 0.168. The van der Waals surface area contributed by atoms with Crippen molar-refractivity contribution in [2.75, 3.05) is 18.5 Å². The number of benzene rings is 2. The van der Waals surface area contributed by atoms with E-state index in [2.05, 4.69) is 15.8 Å². The second-order valence-corrected chi connectivity index (χ2v) is 8.65. The molecule has 3 aromatic rings. The Morgan fingerprint density at radius 1 is 1.07 bits per heavy atom. The molecule has 0 unspecified atom stereocenters. The number of thiazole rings is 1. The molecule has 0 radical (unpaired) electrons. The van der Waals surface area contributed by atoms with Gasteiger partial charge in [0, 0.05) is 18.7 Å². The SMILES string of the molecule is CCN(CC)S(=O)(=O)c1ccc(C(=O)NNc2nc3ccccc3s2)cc1. The van der Waals surface area contributed by atoms with E-state index in [-0.39, 0.29) is 10.8 Å². The fraction of sp³-hybridized carbons (Fsp3) is 0.222. The Morgan fingerprint density at radius 3 is 2.37 bits per heavy atom. The van der Waals surface area contributed by atoms with Gasteiger partial charge in [0.25, 0.3) is 5.91 Å². The summed E-state index contributed by atoms with van der Waals surface area (Å²) < 4.78 is 27.3. The molecule has 0 aliphatic rings. The summed E-state index contributed by atoms with van der Waals surface area (Å²) in [7, 11) is -3.54. The minimum atomic E-state index is -3.54. The molecule has 2 N–H and O–H groups in total. The van der Waals surface area contributed by atoms with Crippen LogP contribution in [0.4, 0.5) is 5.13 Å². The molecule has 0 saturated carbocycles. The van der Waals surface area contributed by atoms with E-state index in [1.54, 1.807) is 13.8 Å². The van der Waals surface area contributed by atoms with Crippen molar-refractivity contribution in [2.24, 2.45) is 0 Å². The van der Waals surface area contributed by atoms with Gasteiger partial charge < -0.3 is 0 Å². The lowest BCUT2D eigenvalue weighted by Gasteiger charge is -2.18. The predicted octanol–water partition coefficient (Wildman–Crippen LogP) is 3.08. The van der Waals surface area contributed by atoms with E-state index >= 15 is 0 Å². The van der Waals surface area contributed by atoms with Crippen LogP contribution >= 0.6 is 11.3 Å². The van der Waals surface area contributed by atoms with E-state index in [9.17, 15) is 13.2 Å². The molecule has 0 saturated heterocycles. The van der Waals surface area contributed by atoms with Crippen LogP contribution in [0.1, 0.15) is 24.2 Å². The molecule has 7 nitrogen and oxygen atoms in total. The first-order chi connectivity index (χ1) is 13.0. The van der Waals surface area contributed by atoms with Crippen molar-refractivity contribution < 1.29 is 13.2 Å². The van der Waals surface area contributed by atoms with Crippen molar-refractivity contribution in [2.45, 2.75) is 18.7 Å². The molecule has 0 spiro atoms. The highest BCUT2D eigenvalue weighted by atomic mass is 32.2. The average Bonchev–Trinajstić information content (AvgIpc) is 3.10. The van der Waals surface area contributed by atoms with Gasteiger partial charge in [-0.3, -0.25) is 15.6 Å². The lowest BCUT2D eigenvalue weighted by molar-refractivity contribution is 0.0962. The molecule has 3 rings (SSSR count). The number of nitrogens with zero attached hydrogens (tertiary/aromatic N) is 2. The maximum absolute atomic E-state index is 12.5. The van der Waals surface area contributed by atoms with Crippen LogP contribution in [0.2, 0.25) is 0 Å². The van der Waals surface area contributed by atoms with Crippen molar-refractivity contribution in [1.29, 1.82) is 0 Å². The van der Waals surface area contributed by atoms with Gasteiger partial charge in [0.2, 0.25) is 15.2 Å². The smallest absolute Gasteiger partial charge is 0.269 e. The highest BCUT2D eigenvalue weighted by Gasteiger charge is 2.21. The van der Waals surface area contributed by atoms with E-state index in [1.165, 1.54) is 39.9 Å². The zero-order valence-electron chi connectivity index (χ0n) is 15.0. The van der Waals surface area contributed by atoms with Gasteiger partial charge in [0.05, 0.1) is 15.1 Å². The van der Waals surface area contributed by atoms with Gasteiger partial charge in [-0.2, -0.15) is 4.31 Å². The molecule has 1 heterocycles. The first-order valence-electron chi connectivity index (χ1n) is 8.48. The molecule has 27 heavy (non-hydrogen) atoms. The summed E-state index contributed by atoms with van der Waals surface area (Å²) in [5.41, 5.74) is 6.57. The van der Waals surface area contributed by atoms with Crippen LogP contribution in [0.15, 0.2) is 53.4 Å². The molecule has 142 valence electrons. The van der Waals surface area contributed by atoms with Crippen molar-refractivity contribution in [3.8, 4) is 0 Å². The minimum Gasteiger partial charge on any atom is -0.273 e. The Kier molecular flexibility index (Phi) is 5.73. The number of aromatic nitrogens is 1. The summed E-state index contributed by atoms with van der Waals surface area (Å²) in [5.74, 6) is -0.374. The molecule has 2 aromatic carbocycles. The molecule has 9 heteroatoms. The topological polar surface area (TPSA) is 91.4 Å². The number of rotatable bonds is 7. The molecule has 0 atom stereocenters. The number of carbonyl (C=O) groups excluding carboxylic acids is 1. The number of anilines is 1. The van der Waals surface area contributed by atoms with Crippen molar-refractivity contribution in [1.82, 2.24) is 14.7 Å². The molecular weight excluding hydrogens is 384 g/mol. The molecular formula is C18H20N4O3S2. The fourth-order valence-electron chi connectivity index (χ4n) is 2.60. The van der Waals surface area contributed by atoms with Crippen LogP contribution in [0.3, 0.4) is 0 Å². The summed E-state index contributed by atoms with van der Waals surface area (Å²) in [5, 5.41) is 0.574. The lowest BCUT2D eigenvalue weighted by Crippen LogP contribution is -2.31. The van der Waals surface area contributed by atoms with E-state index in [0.717, 1.165) is 10.2 Å². The Bertz CT molecular complexity index is 1010. The number of fused-ring (bicyclic) bond motifs is 1. The van der Waals surface area contributed by atoms with Gasteiger partial charge in [0.15, 0.2) is 0 Å². The van der Waals surface area contributed by atoms with Crippen molar-refractivity contribution in [3.63, 3.8) is 0 Å². The fourth-order valence-corrected chi connectivity index (χ4v) is 4.88. The lowest BCUT2D eigenvalue weighted by atomic mass is 10.2. The molecule has 0 fully saturated rings. The van der Waals surface area contributed by atoms with Crippen LogP contribution in [0, 0.1) is 0 Å². The van der Waals surface area contributed by atoms with Gasteiger partial charge in [0.1, 0.15) is 0 Å². The number of hydrogen-bond donors (Lipinski definition) is 2. The highest BCUT2D eigenvalue weighted by Crippen LogP contribution is 2.24. The number of hydrogen-bond acceptors (Lipinski definition) is 6. The monoisotopic (exact) mass is 404 g/mol. The van der Waals surface area contributed by atoms with Gasteiger partial charge in [-0.1, -0.05) is 37.3 Å². The van der Waals surface area contributed by atoms with E-state index in [0.29, 0.717) is 23.8 Å². The first kappa shape index (κ1) is 19.3.